The Morgan fingerprint density at radius 1 is 1.30 bits per heavy atom. The van der Waals surface area contributed by atoms with Crippen molar-refractivity contribution in [1.29, 1.82) is 0 Å². The highest BCUT2D eigenvalue weighted by Crippen LogP contribution is 2.21. The van der Waals surface area contributed by atoms with Crippen LogP contribution in [0.4, 0.5) is 5.69 Å². The monoisotopic (exact) mass is 418 g/mol. The highest BCUT2D eigenvalue weighted by Gasteiger charge is 2.34. The lowest BCUT2D eigenvalue weighted by atomic mass is 10.1. The first-order valence-electron chi connectivity index (χ1n) is 10.0. The second-order valence-electron chi connectivity index (χ2n) is 7.22. The van der Waals surface area contributed by atoms with E-state index in [-0.39, 0.29) is 30.9 Å². The van der Waals surface area contributed by atoms with Crippen molar-refractivity contribution in [3.63, 3.8) is 0 Å². The van der Waals surface area contributed by atoms with Crippen LogP contribution in [0.25, 0.3) is 0 Å². The summed E-state index contributed by atoms with van der Waals surface area (Å²) in [5.41, 5.74) is 11.1. The maximum absolute atomic E-state index is 13.1. The normalized spacial score (nSPS) is 17.6. The molecule has 0 radical (unpaired) electrons. The number of nitrogens with two attached hydrogens (primary N) is 2. The third-order valence-electron chi connectivity index (χ3n) is 4.96. The molecule has 1 aliphatic heterocycles. The van der Waals surface area contributed by atoms with E-state index >= 15 is 0 Å². The summed E-state index contributed by atoms with van der Waals surface area (Å²) in [6.07, 6.45) is 2.13. The van der Waals surface area contributed by atoms with Crippen LogP contribution in [-0.4, -0.2) is 60.1 Å². The molecule has 0 spiro atoms. The average Bonchev–Trinajstić information content (AvgIpc) is 3.25. The molecule has 0 bridgehead atoms. The van der Waals surface area contributed by atoms with Gasteiger partial charge in [-0.1, -0.05) is 18.2 Å². The van der Waals surface area contributed by atoms with Crippen molar-refractivity contribution in [2.75, 3.05) is 18.0 Å². The number of carboxylic acid groups (broad SMARTS) is 1. The van der Waals surface area contributed by atoms with Gasteiger partial charge in [0.25, 0.3) is 0 Å². The number of hydrogen-bond acceptors (Lipinski definition) is 5. The van der Waals surface area contributed by atoms with E-state index in [0.717, 1.165) is 13.0 Å². The molecular formula is C20H30N6O4. The number of rotatable bonds is 10. The Hall–Kier alpha value is -3.14. The Labute approximate surface area is 175 Å². The first-order valence-corrected chi connectivity index (χ1v) is 10.0. The van der Waals surface area contributed by atoms with Gasteiger partial charge in [0.2, 0.25) is 11.8 Å². The minimum atomic E-state index is -1.16. The number of nitrogens with zero attached hydrogens (tertiary/aromatic N) is 2. The number of amides is 2. The Morgan fingerprint density at radius 3 is 2.57 bits per heavy atom. The van der Waals surface area contributed by atoms with Crippen molar-refractivity contribution in [1.82, 2.24) is 10.6 Å². The first-order chi connectivity index (χ1) is 14.3. The van der Waals surface area contributed by atoms with E-state index in [4.69, 9.17) is 11.5 Å². The van der Waals surface area contributed by atoms with Crippen LogP contribution in [-0.2, 0) is 14.4 Å². The summed E-state index contributed by atoms with van der Waals surface area (Å²) in [6, 6.07) is 6.53. The zero-order valence-corrected chi connectivity index (χ0v) is 17.1. The number of aliphatic carboxylic acids is 1. The molecule has 10 heteroatoms. The molecule has 0 aromatic heterocycles. The molecule has 2 amide bonds. The number of carbonyl (C=O) groups is 3. The summed E-state index contributed by atoms with van der Waals surface area (Å²) in [6.45, 7) is 2.60. The van der Waals surface area contributed by atoms with E-state index in [1.807, 2.05) is 6.07 Å². The number of nitrogens with one attached hydrogen (secondary N) is 2. The van der Waals surface area contributed by atoms with Gasteiger partial charge in [-0.25, -0.2) is 4.79 Å². The second kappa shape index (κ2) is 11.1. The molecule has 3 atom stereocenters. The van der Waals surface area contributed by atoms with Gasteiger partial charge >= 0.3 is 5.97 Å². The number of benzene rings is 1. The molecule has 1 aromatic rings. The van der Waals surface area contributed by atoms with Crippen molar-refractivity contribution in [2.24, 2.45) is 16.5 Å². The number of anilines is 1. The standard InChI is InChI=1S/C20H30N6O4/c1-13(17(27)25-16(19(29)30)10-6-12-24-20(21)22)26(14-7-3-2-4-8-14)18(28)15-9-5-11-23-15/h2-4,7-8,13,15-16,23H,5-6,9-12H2,1H3,(H,25,27)(H,29,30)(H4,21,22,24). The van der Waals surface area contributed by atoms with Crippen molar-refractivity contribution < 1.29 is 19.5 Å². The SMILES string of the molecule is CC(C(=O)NC(CCCN=C(N)N)C(=O)O)N(C(=O)C1CCCN1)c1ccccc1. The molecule has 164 valence electrons. The van der Waals surface area contributed by atoms with Gasteiger partial charge in [-0.3, -0.25) is 19.5 Å². The van der Waals surface area contributed by atoms with Crippen LogP contribution in [0.5, 0.6) is 0 Å². The predicted octanol–water partition coefficient (Wildman–Crippen LogP) is -0.217. The Bertz CT molecular complexity index is 760. The van der Waals surface area contributed by atoms with E-state index in [0.29, 0.717) is 18.5 Å². The maximum Gasteiger partial charge on any atom is 0.326 e. The van der Waals surface area contributed by atoms with Crippen LogP contribution in [0, 0.1) is 0 Å². The van der Waals surface area contributed by atoms with Crippen LogP contribution in [0.2, 0.25) is 0 Å². The molecule has 0 aliphatic carbocycles. The highest BCUT2D eigenvalue weighted by atomic mass is 16.4. The van der Waals surface area contributed by atoms with Gasteiger partial charge in [-0.15, -0.1) is 0 Å². The molecule has 2 rings (SSSR count). The Balaban J connectivity index is 2.12. The smallest absolute Gasteiger partial charge is 0.326 e. The van der Waals surface area contributed by atoms with Crippen molar-refractivity contribution in [3.8, 4) is 0 Å². The lowest BCUT2D eigenvalue weighted by Crippen LogP contribution is -2.55. The summed E-state index contributed by atoms with van der Waals surface area (Å²) in [4.78, 5) is 42.8. The summed E-state index contributed by atoms with van der Waals surface area (Å²) in [5, 5.41) is 15.1. The Kier molecular flexibility index (Phi) is 8.60. The molecule has 7 N–H and O–H groups in total. The number of para-hydroxylation sites is 1. The quantitative estimate of drug-likeness (QED) is 0.199. The molecule has 1 heterocycles. The third kappa shape index (κ3) is 6.45. The molecule has 1 aliphatic rings. The van der Waals surface area contributed by atoms with E-state index in [1.54, 1.807) is 31.2 Å². The fraction of sp³-hybridized carbons (Fsp3) is 0.500. The topological polar surface area (TPSA) is 163 Å². The number of carboxylic acids is 1. The molecule has 1 saturated heterocycles. The number of hydrogen-bond donors (Lipinski definition) is 5. The van der Waals surface area contributed by atoms with Crippen molar-refractivity contribution in [3.05, 3.63) is 30.3 Å². The van der Waals surface area contributed by atoms with Gasteiger partial charge < -0.3 is 27.2 Å². The largest absolute Gasteiger partial charge is 0.480 e. The predicted molar refractivity (Wildman–Crippen MR) is 114 cm³/mol. The molecule has 0 saturated carbocycles. The van der Waals surface area contributed by atoms with E-state index in [1.165, 1.54) is 4.90 Å². The fourth-order valence-corrected chi connectivity index (χ4v) is 3.36. The van der Waals surface area contributed by atoms with Crippen molar-refractivity contribution in [2.45, 2.75) is 50.7 Å². The first kappa shape index (κ1) is 23.1. The number of aliphatic imine (C=N–C) groups is 1. The molecule has 10 nitrogen and oxygen atoms in total. The van der Waals surface area contributed by atoms with Crippen molar-refractivity contribution >= 4 is 29.4 Å². The lowest BCUT2D eigenvalue weighted by Gasteiger charge is -2.31. The molecule has 1 fully saturated rings. The third-order valence-corrected chi connectivity index (χ3v) is 4.96. The zero-order chi connectivity index (χ0) is 22.1. The average molecular weight is 418 g/mol. The fourth-order valence-electron chi connectivity index (χ4n) is 3.36. The maximum atomic E-state index is 13.1. The summed E-state index contributed by atoms with van der Waals surface area (Å²) >= 11 is 0. The highest BCUT2D eigenvalue weighted by molar-refractivity contribution is 6.03. The summed E-state index contributed by atoms with van der Waals surface area (Å²) < 4.78 is 0. The van der Waals surface area contributed by atoms with Gasteiger partial charge in [0.05, 0.1) is 6.04 Å². The van der Waals surface area contributed by atoms with E-state index in [9.17, 15) is 19.5 Å². The Morgan fingerprint density at radius 2 is 2.00 bits per heavy atom. The van der Waals surface area contributed by atoms with Gasteiger partial charge in [0.15, 0.2) is 5.96 Å². The molecule has 30 heavy (non-hydrogen) atoms. The summed E-state index contributed by atoms with van der Waals surface area (Å²) in [7, 11) is 0. The van der Waals surface area contributed by atoms with E-state index < -0.39 is 24.0 Å². The minimum absolute atomic E-state index is 0.0722. The minimum Gasteiger partial charge on any atom is -0.480 e. The van der Waals surface area contributed by atoms with Crippen LogP contribution >= 0.6 is 0 Å². The van der Waals surface area contributed by atoms with Gasteiger partial charge in [0, 0.05) is 12.2 Å². The van der Waals surface area contributed by atoms with Crippen LogP contribution < -0.4 is 27.0 Å². The van der Waals surface area contributed by atoms with Crippen LogP contribution in [0.1, 0.15) is 32.6 Å². The molecule has 3 unspecified atom stereocenters. The zero-order valence-electron chi connectivity index (χ0n) is 17.1. The number of carbonyl (C=O) groups excluding carboxylic acids is 2. The second-order valence-corrected chi connectivity index (χ2v) is 7.22. The lowest BCUT2D eigenvalue weighted by molar-refractivity contribution is -0.142. The van der Waals surface area contributed by atoms with Gasteiger partial charge in [-0.2, -0.15) is 0 Å². The number of guanidine groups is 1. The van der Waals surface area contributed by atoms with Gasteiger partial charge in [-0.05, 0) is 51.3 Å². The van der Waals surface area contributed by atoms with Crippen LogP contribution in [0.15, 0.2) is 35.3 Å². The summed E-state index contributed by atoms with van der Waals surface area (Å²) in [5.74, 6) is -1.98. The molecule has 1 aromatic carbocycles. The van der Waals surface area contributed by atoms with Gasteiger partial charge in [0.1, 0.15) is 12.1 Å². The van der Waals surface area contributed by atoms with Crippen LogP contribution in [0.3, 0.4) is 0 Å². The molecular weight excluding hydrogens is 388 g/mol. The van der Waals surface area contributed by atoms with E-state index in [2.05, 4.69) is 15.6 Å².